The van der Waals surface area contributed by atoms with Crippen LogP contribution in [-0.2, 0) is 0 Å². The summed E-state index contributed by atoms with van der Waals surface area (Å²) in [4.78, 5) is 2.73. The van der Waals surface area contributed by atoms with E-state index in [1.165, 1.54) is 71.0 Å². The maximum Gasteiger partial charge on any atom is 0.00795 e. The largest absolute Gasteiger partial charge is 0.327 e. The van der Waals surface area contributed by atoms with E-state index in [1.54, 1.807) is 0 Å². The van der Waals surface area contributed by atoms with Gasteiger partial charge in [-0.15, -0.1) is 0 Å². The lowest BCUT2D eigenvalue weighted by atomic mass is 9.76. The van der Waals surface area contributed by atoms with Crippen molar-refractivity contribution in [3.63, 3.8) is 0 Å². The molecule has 2 fully saturated rings. The van der Waals surface area contributed by atoms with Crippen molar-refractivity contribution in [1.29, 1.82) is 0 Å². The summed E-state index contributed by atoms with van der Waals surface area (Å²) >= 11 is 0. The van der Waals surface area contributed by atoms with Crippen molar-refractivity contribution in [3.8, 4) is 0 Å². The highest BCUT2D eigenvalue weighted by atomic mass is 15.2. The summed E-state index contributed by atoms with van der Waals surface area (Å²) in [7, 11) is 0. The topological polar surface area (TPSA) is 29.3 Å². The molecule has 0 aromatic heterocycles. The van der Waals surface area contributed by atoms with Crippen LogP contribution in [0.1, 0.15) is 72.1 Å². The zero-order chi connectivity index (χ0) is 14.6. The van der Waals surface area contributed by atoms with E-state index in [2.05, 4.69) is 25.7 Å². The summed E-state index contributed by atoms with van der Waals surface area (Å²) in [5.41, 5.74) is 7.03. The van der Waals surface area contributed by atoms with Gasteiger partial charge in [0.2, 0.25) is 0 Å². The average molecular weight is 280 g/mol. The van der Waals surface area contributed by atoms with Crippen LogP contribution in [0.5, 0.6) is 0 Å². The van der Waals surface area contributed by atoms with Crippen LogP contribution in [0.25, 0.3) is 0 Å². The maximum absolute atomic E-state index is 6.42. The smallest absolute Gasteiger partial charge is 0.00795 e. The van der Waals surface area contributed by atoms with Crippen molar-refractivity contribution < 1.29 is 0 Å². The molecule has 0 amide bonds. The van der Waals surface area contributed by atoms with Crippen molar-refractivity contribution in [2.45, 2.75) is 78.2 Å². The minimum atomic E-state index is 0.460. The van der Waals surface area contributed by atoms with E-state index in [1.807, 2.05) is 0 Å². The zero-order valence-corrected chi connectivity index (χ0v) is 14.0. The Balaban J connectivity index is 1.86. The summed E-state index contributed by atoms with van der Waals surface area (Å²) in [6.45, 7) is 11.0. The molecule has 3 atom stereocenters. The van der Waals surface area contributed by atoms with Crippen molar-refractivity contribution in [3.05, 3.63) is 0 Å². The maximum atomic E-state index is 6.42. The summed E-state index contributed by atoms with van der Waals surface area (Å²) in [6.07, 6.45) is 10.9. The summed E-state index contributed by atoms with van der Waals surface area (Å²) < 4.78 is 0. The van der Waals surface area contributed by atoms with Crippen LogP contribution in [0, 0.1) is 17.3 Å². The molecule has 2 rings (SSSR count). The first kappa shape index (κ1) is 16.3. The molecule has 0 aromatic carbocycles. The summed E-state index contributed by atoms with van der Waals surface area (Å²) in [5.74, 6) is 1.71. The standard InChI is InChI=1S/C18H36N2/c1-4-7-15-8-9-17(19)16(12-15)13-20-11-10-18(5-2,6-3)14-20/h15-17H,4-14,19H2,1-3H3. The van der Waals surface area contributed by atoms with E-state index in [0.29, 0.717) is 11.5 Å². The lowest BCUT2D eigenvalue weighted by Crippen LogP contribution is -2.43. The molecule has 1 saturated heterocycles. The molecule has 1 saturated carbocycles. The van der Waals surface area contributed by atoms with E-state index in [4.69, 9.17) is 5.73 Å². The molecule has 2 aliphatic rings. The van der Waals surface area contributed by atoms with Crippen LogP contribution in [0.15, 0.2) is 0 Å². The average Bonchev–Trinajstić information content (AvgIpc) is 2.87. The third-order valence-electron chi connectivity index (χ3n) is 6.36. The van der Waals surface area contributed by atoms with Gasteiger partial charge in [0.1, 0.15) is 0 Å². The number of hydrogen-bond donors (Lipinski definition) is 1. The first-order valence-electron chi connectivity index (χ1n) is 9.10. The summed E-state index contributed by atoms with van der Waals surface area (Å²) in [6, 6.07) is 0.460. The van der Waals surface area contributed by atoms with Crippen LogP contribution in [0.3, 0.4) is 0 Å². The van der Waals surface area contributed by atoms with Gasteiger partial charge < -0.3 is 10.6 Å². The van der Waals surface area contributed by atoms with Gasteiger partial charge in [0, 0.05) is 19.1 Å². The molecule has 118 valence electrons. The van der Waals surface area contributed by atoms with Gasteiger partial charge in [-0.3, -0.25) is 0 Å². The molecule has 1 aliphatic heterocycles. The van der Waals surface area contributed by atoms with Gasteiger partial charge in [-0.25, -0.2) is 0 Å². The monoisotopic (exact) mass is 280 g/mol. The van der Waals surface area contributed by atoms with Gasteiger partial charge in [0.25, 0.3) is 0 Å². The van der Waals surface area contributed by atoms with Gasteiger partial charge in [0.05, 0.1) is 0 Å². The third kappa shape index (κ3) is 3.76. The van der Waals surface area contributed by atoms with Crippen molar-refractivity contribution in [1.82, 2.24) is 4.90 Å². The fourth-order valence-corrected chi connectivity index (χ4v) is 4.61. The first-order valence-corrected chi connectivity index (χ1v) is 9.10. The van der Waals surface area contributed by atoms with Crippen LogP contribution >= 0.6 is 0 Å². The Morgan fingerprint density at radius 1 is 1.15 bits per heavy atom. The molecule has 0 spiro atoms. The second kappa shape index (κ2) is 7.26. The molecule has 2 nitrogen and oxygen atoms in total. The van der Waals surface area contributed by atoms with Crippen LogP contribution in [0.2, 0.25) is 0 Å². The third-order valence-corrected chi connectivity index (χ3v) is 6.36. The first-order chi connectivity index (χ1) is 9.62. The van der Waals surface area contributed by atoms with E-state index in [9.17, 15) is 0 Å². The molecule has 0 aromatic rings. The predicted octanol–water partition coefficient (Wildman–Crippen LogP) is 4.04. The minimum absolute atomic E-state index is 0.460. The summed E-state index contributed by atoms with van der Waals surface area (Å²) in [5, 5.41) is 0. The van der Waals surface area contributed by atoms with Gasteiger partial charge in [0.15, 0.2) is 0 Å². The Morgan fingerprint density at radius 2 is 1.90 bits per heavy atom. The molecular formula is C18H36N2. The molecule has 2 heteroatoms. The fourth-order valence-electron chi connectivity index (χ4n) is 4.61. The molecule has 20 heavy (non-hydrogen) atoms. The predicted molar refractivity (Wildman–Crippen MR) is 87.8 cm³/mol. The van der Waals surface area contributed by atoms with Crippen LogP contribution in [0.4, 0.5) is 0 Å². The number of rotatable bonds is 6. The Bertz CT molecular complexity index is 285. The van der Waals surface area contributed by atoms with Gasteiger partial charge >= 0.3 is 0 Å². The van der Waals surface area contributed by atoms with Gasteiger partial charge in [-0.1, -0.05) is 33.6 Å². The van der Waals surface area contributed by atoms with E-state index >= 15 is 0 Å². The highest BCUT2D eigenvalue weighted by Crippen LogP contribution is 2.39. The lowest BCUT2D eigenvalue weighted by molar-refractivity contribution is 0.154. The van der Waals surface area contributed by atoms with Gasteiger partial charge in [-0.2, -0.15) is 0 Å². The quantitative estimate of drug-likeness (QED) is 0.795. The molecule has 1 aliphatic carbocycles. The molecule has 0 radical (unpaired) electrons. The highest BCUT2D eigenvalue weighted by Gasteiger charge is 2.37. The number of nitrogens with zero attached hydrogens (tertiary/aromatic N) is 1. The van der Waals surface area contributed by atoms with Gasteiger partial charge in [-0.05, 0) is 62.3 Å². The Kier molecular flexibility index (Phi) is 5.92. The normalized spacial score (nSPS) is 34.5. The van der Waals surface area contributed by atoms with Crippen LogP contribution in [-0.4, -0.2) is 30.6 Å². The number of nitrogens with two attached hydrogens (primary N) is 1. The second-order valence-corrected chi connectivity index (χ2v) is 7.58. The minimum Gasteiger partial charge on any atom is -0.327 e. The number of hydrogen-bond acceptors (Lipinski definition) is 2. The highest BCUT2D eigenvalue weighted by molar-refractivity contribution is 4.91. The lowest BCUT2D eigenvalue weighted by Gasteiger charge is -2.37. The zero-order valence-electron chi connectivity index (χ0n) is 14.0. The van der Waals surface area contributed by atoms with Crippen molar-refractivity contribution >= 4 is 0 Å². The Morgan fingerprint density at radius 3 is 2.50 bits per heavy atom. The van der Waals surface area contributed by atoms with E-state index in [-0.39, 0.29) is 0 Å². The molecular weight excluding hydrogens is 244 g/mol. The molecule has 1 heterocycles. The van der Waals surface area contributed by atoms with E-state index in [0.717, 1.165) is 11.8 Å². The molecule has 0 bridgehead atoms. The second-order valence-electron chi connectivity index (χ2n) is 7.58. The van der Waals surface area contributed by atoms with E-state index < -0.39 is 0 Å². The molecule has 2 N–H and O–H groups in total. The SMILES string of the molecule is CCCC1CCC(N)C(CN2CCC(CC)(CC)C2)C1. The molecule has 3 unspecified atom stereocenters. The number of likely N-dealkylation sites (tertiary alicyclic amines) is 1. The van der Waals surface area contributed by atoms with Crippen molar-refractivity contribution in [2.75, 3.05) is 19.6 Å². The Labute approximate surface area is 126 Å². The fraction of sp³-hybridized carbons (Fsp3) is 1.00. The van der Waals surface area contributed by atoms with Crippen molar-refractivity contribution in [2.24, 2.45) is 23.0 Å². The Hall–Kier alpha value is -0.0800. The van der Waals surface area contributed by atoms with Crippen LogP contribution < -0.4 is 5.73 Å².